The molecule has 14 heavy (non-hydrogen) atoms. The molecule has 0 aromatic heterocycles. The van der Waals surface area contributed by atoms with Crippen LogP contribution < -0.4 is 0 Å². The summed E-state index contributed by atoms with van der Waals surface area (Å²) < 4.78 is 17.8. The fourth-order valence-electron chi connectivity index (χ4n) is 1.19. The minimum Gasteiger partial charge on any atom is -0.462 e. The summed E-state index contributed by atoms with van der Waals surface area (Å²) in [6.45, 7) is 3.93. The van der Waals surface area contributed by atoms with E-state index in [1.165, 1.54) is 12.1 Å². The van der Waals surface area contributed by atoms with E-state index < -0.39 is 11.8 Å². The fraction of sp³-hybridized carbons (Fsp3) is 0.364. The first-order chi connectivity index (χ1) is 6.67. The van der Waals surface area contributed by atoms with Crippen molar-refractivity contribution in [3.63, 3.8) is 0 Å². The Morgan fingerprint density at radius 2 is 2.07 bits per heavy atom. The summed E-state index contributed by atoms with van der Waals surface area (Å²) in [5, 5.41) is 0. The zero-order valence-electron chi connectivity index (χ0n) is 8.34. The molecule has 1 aromatic rings. The van der Waals surface area contributed by atoms with Gasteiger partial charge in [-0.3, -0.25) is 0 Å². The van der Waals surface area contributed by atoms with Gasteiger partial charge in [0.05, 0.1) is 12.2 Å². The second-order valence-corrected chi connectivity index (χ2v) is 2.92. The lowest BCUT2D eigenvalue weighted by Crippen LogP contribution is -2.05. The van der Waals surface area contributed by atoms with E-state index in [1.54, 1.807) is 13.0 Å². The van der Waals surface area contributed by atoms with Gasteiger partial charge in [-0.05, 0) is 37.1 Å². The number of aryl methyl sites for hydroxylation is 1. The van der Waals surface area contributed by atoms with E-state index in [1.807, 2.05) is 6.92 Å². The van der Waals surface area contributed by atoms with Gasteiger partial charge in [-0.15, -0.1) is 0 Å². The van der Waals surface area contributed by atoms with Crippen LogP contribution in [0.3, 0.4) is 0 Å². The molecular weight excluding hydrogens is 183 g/mol. The summed E-state index contributed by atoms with van der Waals surface area (Å²) >= 11 is 0. The van der Waals surface area contributed by atoms with E-state index in [0.717, 1.165) is 5.56 Å². The van der Waals surface area contributed by atoms with Crippen LogP contribution in [0.2, 0.25) is 0 Å². The quantitative estimate of drug-likeness (QED) is 0.694. The van der Waals surface area contributed by atoms with Crippen LogP contribution in [-0.2, 0) is 11.2 Å². The number of rotatable bonds is 3. The highest BCUT2D eigenvalue weighted by Crippen LogP contribution is 2.11. The third-order valence-electron chi connectivity index (χ3n) is 1.88. The maximum absolute atomic E-state index is 13.0. The van der Waals surface area contributed by atoms with Gasteiger partial charge >= 0.3 is 5.97 Å². The SMILES string of the molecule is CCOC(=O)c1cc(F)cc(CC)c1. The van der Waals surface area contributed by atoms with Crippen LogP contribution in [0, 0.1) is 5.82 Å². The lowest BCUT2D eigenvalue weighted by molar-refractivity contribution is 0.0525. The molecule has 0 aliphatic carbocycles. The van der Waals surface area contributed by atoms with Crippen LogP contribution in [0.4, 0.5) is 4.39 Å². The van der Waals surface area contributed by atoms with Crippen molar-refractivity contribution in [3.8, 4) is 0 Å². The van der Waals surface area contributed by atoms with Gasteiger partial charge in [0.15, 0.2) is 0 Å². The van der Waals surface area contributed by atoms with E-state index >= 15 is 0 Å². The standard InChI is InChI=1S/C11H13FO2/c1-3-8-5-9(7-10(12)6-8)11(13)14-4-2/h5-7H,3-4H2,1-2H3. The number of hydrogen-bond donors (Lipinski definition) is 0. The molecule has 0 fully saturated rings. The monoisotopic (exact) mass is 196 g/mol. The minimum atomic E-state index is -0.471. The fourth-order valence-corrected chi connectivity index (χ4v) is 1.19. The molecule has 3 heteroatoms. The Bertz CT molecular complexity index is 334. The summed E-state index contributed by atoms with van der Waals surface area (Å²) in [7, 11) is 0. The molecule has 0 aliphatic rings. The summed E-state index contributed by atoms with van der Waals surface area (Å²) in [4.78, 5) is 11.3. The van der Waals surface area contributed by atoms with Gasteiger partial charge < -0.3 is 4.74 Å². The van der Waals surface area contributed by atoms with Crippen molar-refractivity contribution in [2.45, 2.75) is 20.3 Å². The molecule has 0 spiro atoms. The average molecular weight is 196 g/mol. The molecule has 1 rings (SSSR count). The molecule has 0 atom stereocenters. The highest BCUT2D eigenvalue weighted by Gasteiger charge is 2.08. The Hall–Kier alpha value is -1.38. The predicted molar refractivity (Wildman–Crippen MR) is 51.7 cm³/mol. The van der Waals surface area contributed by atoms with Crippen molar-refractivity contribution in [3.05, 3.63) is 35.1 Å². The van der Waals surface area contributed by atoms with Crippen molar-refractivity contribution in [2.75, 3.05) is 6.61 Å². The predicted octanol–water partition coefficient (Wildman–Crippen LogP) is 2.56. The molecule has 0 heterocycles. The van der Waals surface area contributed by atoms with E-state index in [-0.39, 0.29) is 5.56 Å². The Labute approximate surface area is 82.7 Å². The van der Waals surface area contributed by atoms with Crippen molar-refractivity contribution < 1.29 is 13.9 Å². The lowest BCUT2D eigenvalue weighted by atomic mass is 10.1. The highest BCUT2D eigenvalue weighted by atomic mass is 19.1. The Morgan fingerprint density at radius 3 is 2.64 bits per heavy atom. The molecule has 1 aromatic carbocycles. The normalized spacial score (nSPS) is 9.93. The van der Waals surface area contributed by atoms with Crippen LogP contribution >= 0.6 is 0 Å². The van der Waals surface area contributed by atoms with E-state index in [2.05, 4.69) is 0 Å². The lowest BCUT2D eigenvalue weighted by Gasteiger charge is -2.04. The van der Waals surface area contributed by atoms with Crippen molar-refractivity contribution in [1.82, 2.24) is 0 Å². The van der Waals surface area contributed by atoms with Crippen molar-refractivity contribution in [2.24, 2.45) is 0 Å². The second-order valence-electron chi connectivity index (χ2n) is 2.92. The topological polar surface area (TPSA) is 26.3 Å². The van der Waals surface area contributed by atoms with E-state index in [4.69, 9.17) is 4.74 Å². The van der Waals surface area contributed by atoms with Gasteiger partial charge in [0.1, 0.15) is 5.82 Å². The Balaban J connectivity index is 2.96. The number of hydrogen-bond acceptors (Lipinski definition) is 2. The molecule has 76 valence electrons. The number of ether oxygens (including phenoxy) is 1. The van der Waals surface area contributed by atoms with Crippen LogP contribution in [0.1, 0.15) is 29.8 Å². The van der Waals surface area contributed by atoms with Gasteiger partial charge in [-0.25, -0.2) is 9.18 Å². The van der Waals surface area contributed by atoms with Crippen LogP contribution in [0.15, 0.2) is 18.2 Å². The number of esters is 1. The maximum Gasteiger partial charge on any atom is 0.338 e. The zero-order valence-corrected chi connectivity index (χ0v) is 8.34. The molecule has 2 nitrogen and oxygen atoms in total. The van der Waals surface area contributed by atoms with Crippen LogP contribution in [0.25, 0.3) is 0 Å². The molecule has 0 radical (unpaired) electrons. The van der Waals surface area contributed by atoms with Crippen molar-refractivity contribution in [1.29, 1.82) is 0 Å². The highest BCUT2D eigenvalue weighted by molar-refractivity contribution is 5.89. The molecule has 0 unspecified atom stereocenters. The molecule has 0 bridgehead atoms. The summed E-state index contributed by atoms with van der Waals surface area (Å²) in [6.07, 6.45) is 0.699. The molecule has 0 saturated heterocycles. The van der Waals surface area contributed by atoms with Gasteiger partial charge in [0.2, 0.25) is 0 Å². The number of benzene rings is 1. The first-order valence-electron chi connectivity index (χ1n) is 4.64. The van der Waals surface area contributed by atoms with E-state index in [0.29, 0.717) is 13.0 Å². The number of carbonyl (C=O) groups is 1. The second kappa shape index (κ2) is 4.74. The maximum atomic E-state index is 13.0. The molecule has 0 aliphatic heterocycles. The largest absolute Gasteiger partial charge is 0.462 e. The average Bonchev–Trinajstić information content (AvgIpc) is 2.17. The third kappa shape index (κ3) is 2.55. The molecule has 0 amide bonds. The first kappa shape index (κ1) is 10.7. The van der Waals surface area contributed by atoms with Gasteiger partial charge in [-0.2, -0.15) is 0 Å². The summed E-state index contributed by atoms with van der Waals surface area (Å²) in [5.41, 5.74) is 1.08. The number of carbonyl (C=O) groups excluding carboxylic acids is 1. The minimum absolute atomic E-state index is 0.281. The summed E-state index contributed by atoms with van der Waals surface area (Å²) in [6, 6.07) is 4.26. The smallest absolute Gasteiger partial charge is 0.338 e. The van der Waals surface area contributed by atoms with Gasteiger partial charge in [0, 0.05) is 0 Å². The first-order valence-corrected chi connectivity index (χ1v) is 4.64. The summed E-state index contributed by atoms with van der Waals surface area (Å²) in [5.74, 6) is -0.867. The van der Waals surface area contributed by atoms with Crippen molar-refractivity contribution >= 4 is 5.97 Å². The molecule has 0 saturated carbocycles. The zero-order chi connectivity index (χ0) is 10.6. The molecular formula is C11H13FO2. The van der Waals surface area contributed by atoms with Gasteiger partial charge in [-0.1, -0.05) is 6.92 Å². The third-order valence-corrected chi connectivity index (χ3v) is 1.88. The van der Waals surface area contributed by atoms with Crippen LogP contribution in [0.5, 0.6) is 0 Å². The van der Waals surface area contributed by atoms with Crippen LogP contribution in [-0.4, -0.2) is 12.6 Å². The Kier molecular flexibility index (Phi) is 3.63. The Morgan fingerprint density at radius 1 is 1.36 bits per heavy atom. The van der Waals surface area contributed by atoms with E-state index in [9.17, 15) is 9.18 Å². The van der Waals surface area contributed by atoms with Gasteiger partial charge in [0.25, 0.3) is 0 Å². The molecule has 0 N–H and O–H groups in total. The number of halogens is 1.